The van der Waals surface area contributed by atoms with Crippen molar-refractivity contribution in [1.82, 2.24) is 15.5 Å². The van der Waals surface area contributed by atoms with E-state index in [-0.39, 0.29) is 0 Å². The second-order valence-corrected chi connectivity index (χ2v) is 5.34. The molecule has 136 valence electrons. The SMILES string of the molecule is NC(CO)C(=O)N1CCCC1C(=O)NCC(=O)NC(CO)C(=O)O. The molecule has 11 heteroatoms. The molecule has 1 saturated heterocycles. The number of amides is 3. The summed E-state index contributed by atoms with van der Waals surface area (Å²) in [7, 11) is 0. The summed E-state index contributed by atoms with van der Waals surface area (Å²) in [4.78, 5) is 47.6. The molecule has 7 N–H and O–H groups in total. The third kappa shape index (κ3) is 5.15. The van der Waals surface area contributed by atoms with Crippen LogP contribution in [0.15, 0.2) is 0 Å². The average Bonchev–Trinajstić information content (AvgIpc) is 3.05. The fraction of sp³-hybridized carbons (Fsp3) is 0.692. The molecule has 1 rings (SSSR count). The molecule has 0 radical (unpaired) electrons. The molecular weight excluding hydrogens is 324 g/mol. The van der Waals surface area contributed by atoms with Gasteiger partial charge in [0.25, 0.3) is 0 Å². The summed E-state index contributed by atoms with van der Waals surface area (Å²) in [5.41, 5.74) is 5.46. The molecule has 3 amide bonds. The average molecular weight is 346 g/mol. The number of carboxylic acids is 1. The highest BCUT2D eigenvalue weighted by molar-refractivity contribution is 5.93. The molecule has 0 aliphatic carbocycles. The van der Waals surface area contributed by atoms with Crippen molar-refractivity contribution in [1.29, 1.82) is 0 Å². The first-order valence-corrected chi connectivity index (χ1v) is 7.39. The van der Waals surface area contributed by atoms with Crippen LogP contribution in [0, 0.1) is 0 Å². The lowest BCUT2D eigenvalue weighted by molar-refractivity contribution is -0.143. The number of aliphatic carboxylic acids is 1. The summed E-state index contributed by atoms with van der Waals surface area (Å²) in [6.07, 6.45) is 0.978. The molecule has 0 aromatic heterocycles. The molecule has 0 saturated carbocycles. The Morgan fingerprint density at radius 1 is 1.21 bits per heavy atom. The number of rotatable bonds is 8. The summed E-state index contributed by atoms with van der Waals surface area (Å²) < 4.78 is 0. The van der Waals surface area contributed by atoms with Crippen molar-refractivity contribution in [2.24, 2.45) is 5.73 Å². The molecule has 1 aliphatic rings. The van der Waals surface area contributed by atoms with E-state index < -0.39 is 61.6 Å². The molecule has 11 nitrogen and oxygen atoms in total. The predicted octanol–water partition coefficient (Wildman–Crippen LogP) is -4.03. The molecule has 3 unspecified atom stereocenters. The summed E-state index contributed by atoms with van der Waals surface area (Å²) in [6, 6.07) is -3.36. The van der Waals surface area contributed by atoms with Crippen LogP contribution in [0.4, 0.5) is 0 Å². The summed E-state index contributed by atoms with van der Waals surface area (Å²) in [5, 5.41) is 30.8. The number of hydrogen-bond acceptors (Lipinski definition) is 7. The highest BCUT2D eigenvalue weighted by Crippen LogP contribution is 2.18. The maximum atomic E-state index is 12.1. The minimum absolute atomic E-state index is 0.322. The normalized spacial score (nSPS) is 19.5. The third-order valence-electron chi connectivity index (χ3n) is 3.59. The van der Waals surface area contributed by atoms with Crippen LogP contribution in [0.2, 0.25) is 0 Å². The van der Waals surface area contributed by atoms with Gasteiger partial charge in [0, 0.05) is 6.54 Å². The van der Waals surface area contributed by atoms with Crippen LogP contribution in [0.3, 0.4) is 0 Å². The Balaban J connectivity index is 2.53. The van der Waals surface area contributed by atoms with Gasteiger partial charge in [-0.2, -0.15) is 0 Å². The Bertz CT molecular complexity index is 499. The Labute approximate surface area is 137 Å². The van der Waals surface area contributed by atoms with Gasteiger partial charge >= 0.3 is 5.97 Å². The maximum Gasteiger partial charge on any atom is 0.328 e. The zero-order chi connectivity index (χ0) is 18.3. The number of aliphatic hydroxyl groups is 2. The molecular formula is C13H22N4O7. The van der Waals surface area contributed by atoms with Crippen LogP contribution in [0.5, 0.6) is 0 Å². The Kier molecular flexibility index (Phi) is 7.55. The third-order valence-corrected chi connectivity index (χ3v) is 3.59. The van der Waals surface area contributed by atoms with Gasteiger partial charge in [-0.3, -0.25) is 14.4 Å². The van der Waals surface area contributed by atoms with Crippen LogP contribution >= 0.6 is 0 Å². The molecule has 1 aliphatic heterocycles. The fourth-order valence-electron chi connectivity index (χ4n) is 2.31. The molecule has 0 aromatic rings. The van der Waals surface area contributed by atoms with E-state index in [2.05, 4.69) is 5.32 Å². The van der Waals surface area contributed by atoms with E-state index in [0.717, 1.165) is 0 Å². The zero-order valence-electron chi connectivity index (χ0n) is 13.0. The smallest absolute Gasteiger partial charge is 0.328 e. The Morgan fingerprint density at radius 3 is 2.42 bits per heavy atom. The van der Waals surface area contributed by atoms with E-state index in [1.807, 2.05) is 5.32 Å². The van der Waals surface area contributed by atoms with Crippen molar-refractivity contribution < 1.29 is 34.5 Å². The topological polar surface area (TPSA) is 182 Å². The van der Waals surface area contributed by atoms with Gasteiger partial charge in [0.15, 0.2) is 0 Å². The zero-order valence-corrected chi connectivity index (χ0v) is 13.0. The number of carboxylic acid groups (broad SMARTS) is 1. The lowest BCUT2D eigenvalue weighted by atomic mass is 10.2. The van der Waals surface area contributed by atoms with Crippen LogP contribution < -0.4 is 16.4 Å². The number of likely N-dealkylation sites (tertiary alicyclic amines) is 1. The van der Waals surface area contributed by atoms with Crippen molar-refractivity contribution in [3.05, 3.63) is 0 Å². The fourth-order valence-corrected chi connectivity index (χ4v) is 2.31. The molecule has 1 heterocycles. The van der Waals surface area contributed by atoms with Gasteiger partial charge in [-0.05, 0) is 12.8 Å². The summed E-state index contributed by atoms with van der Waals surface area (Å²) >= 11 is 0. The van der Waals surface area contributed by atoms with Crippen LogP contribution in [-0.2, 0) is 19.2 Å². The first kappa shape index (κ1) is 19.8. The molecule has 0 bridgehead atoms. The minimum atomic E-state index is -1.46. The molecule has 0 aromatic carbocycles. The van der Waals surface area contributed by atoms with Crippen LogP contribution in [-0.4, -0.2) is 88.3 Å². The van der Waals surface area contributed by atoms with Crippen molar-refractivity contribution in [3.8, 4) is 0 Å². The summed E-state index contributed by atoms with van der Waals surface area (Å²) in [5.74, 6) is -3.31. The number of nitrogens with two attached hydrogens (primary N) is 1. The van der Waals surface area contributed by atoms with Crippen LogP contribution in [0.25, 0.3) is 0 Å². The number of carbonyl (C=O) groups is 4. The van der Waals surface area contributed by atoms with Crippen molar-refractivity contribution in [3.63, 3.8) is 0 Å². The second-order valence-electron chi connectivity index (χ2n) is 5.34. The van der Waals surface area contributed by atoms with E-state index in [4.69, 9.17) is 21.1 Å². The Hall–Kier alpha value is -2.24. The second kappa shape index (κ2) is 9.15. The van der Waals surface area contributed by atoms with Gasteiger partial charge in [0.05, 0.1) is 19.8 Å². The van der Waals surface area contributed by atoms with E-state index in [1.165, 1.54) is 4.90 Å². The van der Waals surface area contributed by atoms with Gasteiger partial charge in [0.2, 0.25) is 17.7 Å². The quantitative estimate of drug-likeness (QED) is 0.257. The minimum Gasteiger partial charge on any atom is -0.480 e. The largest absolute Gasteiger partial charge is 0.480 e. The highest BCUT2D eigenvalue weighted by Gasteiger charge is 2.36. The van der Waals surface area contributed by atoms with Gasteiger partial charge in [-0.1, -0.05) is 0 Å². The van der Waals surface area contributed by atoms with E-state index in [9.17, 15) is 19.2 Å². The maximum absolute atomic E-state index is 12.1. The molecule has 24 heavy (non-hydrogen) atoms. The molecule has 1 fully saturated rings. The van der Waals surface area contributed by atoms with E-state index in [0.29, 0.717) is 19.4 Å². The number of hydrogen-bond donors (Lipinski definition) is 6. The van der Waals surface area contributed by atoms with Gasteiger partial charge in [-0.25, -0.2) is 4.79 Å². The monoisotopic (exact) mass is 346 g/mol. The van der Waals surface area contributed by atoms with Crippen molar-refractivity contribution in [2.45, 2.75) is 31.0 Å². The van der Waals surface area contributed by atoms with Crippen molar-refractivity contribution >= 4 is 23.7 Å². The standard InChI is InChI=1S/C13H22N4O7/c14-7(5-18)12(22)17-3-1-2-9(17)11(21)15-4-10(20)16-8(6-19)13(23)24/h7-9,18-19H,1-6,14H2,(H,15,21)(H,16,20)(H,23,24). The molecule has 3 atom stereocenters. The highest BCUT2D eigenvalue weighted by atomic mass is 16.4. The van der Waals surface area contributed by atoms with Crippen LogP contribution in [0.1, 0.15) is 12.8 Å². The number of nitrogens with zero attached hydrogens (tertiary/aromatic N) is 1. The van der Waals surface area contributed by atoms with Gasteiger partial charge in [0.1, 0.15) is 18.1 Å². The number of aliphatic hydroxyl groups excluding tert-OH is 2. The number of carbonyl (C=O) groups excluding carboxylic acids is 3. The van der Waals surface area contributed by atoms with Gasteiger partial charge in [-0.15, -0.1) is 0 Å². The summed E-state index contributed by atoms with van der Waals surface area (Å²) in [6.45, 7) is -1.49. The lowest BCUT2D eigenvalue weighted by Crippen LogP contribution is -2.53. The Morgan fingerprint density at radius 2 is 1.88 bits per heavy atom. The molecule has 0 spiro atoms. The van der Waals surface area contributed by atoms with Crippen molar-refractivity contribution in [2.75, 3.05) is 26.3 Å². The van der Waals surface area contributed by atoms with E-state index >= 15 is 0 Å². The lowest BCUT2D eigenvalue weighted by Gasteiger charge is -2.26. The van der Waals surface area contributed by atoms with E-state index in [1.54, 1.807) is 0 Å². The van der Waals surface area contributed by atoms with Gasteiger partial charge < -0.3 is 36.6 Å². The predicted molar refractivity (Wildman–Crippen MR) is 79.5 cm³/mol. The first-order valence-electron chi connectivity index (χ1n) is 7.39. The number of nitrogens with one attached hydrogen (secondary N) is 2. The first-order chi connectivity index (χ1) is 11.3.